The van der Waals surface area contributed by atoms with Crippen LogP contribution in [-0.2, 0) is 22.6 Å². The second-order valence-corrected chi connectivity index (χ2v) is 7.36. The maximum absolute atomic E-state index is 12.2. The molecule has 0 unspecified atom stereocenters. The van der Waals surface area contributed by atoms with Crippen molar-refractivity contribution in [3.63, 3.8) is 0 Å². The molecule has 0 atom stereocenters. The molecule has 1 saturated heterocycles. The third kappa shape index (κ3) is 5.83. The van der Waals surface area contributed by atoms with Crippen LogP contribution in [0.1, 0.15) is 11.1 Å². The molecular formula is C20H25BrN3O2+. The van der Waals surface area contributed by atoms with E-state index in [1.807, 2.05) is 30.3 Å². The molecule has 0 spiro atoms. The van der Waals surface area contributed by atoms with Crippen LogP contribution in [0.4, 0.5) is 5.69 Å². The Labute approximate surface area is 162 Å². The fraction of sp³-hybridized carbons (Fsp3) is 0.350. The smallest absolute Gasteiger partial charge is 0.239 e. The Morgan fingerprint density at radius 3 is 2.46 bits per heavy atom. The van der Waals surface area contributed by atoms with Gasteiger partial charge in [0, 0.05) is 22.3 Å². The van der Waals surface area contributed by atoms with Gasteiger partial charge in [-0.15, -0.1) is 0 Å². The number of halogens is 1. The van der Waals surface area contributed by atoms with Crippen LogP contribution in [0.2, 0.25) is 0 Å². The molecule has 138 valence electrons. The minimum atomic E-state index is -0.0126. The van der Waals surface area contributed by atoms with Crippen molar-refractivity contribution < 1.29 is 14.4 Å². The van der Waals surface area contributed by atoms with Crippen molar-refractivity contribution >= 4 is 27.5 Å². The second-order valence-electron chi connectivity index (χ2n) is 6.45. The minimum absolute atomic E-state index is 0.0126. The maximum atomic E-state index is 12.2. The summed E-state index contributed by atoms with van der Waals surface area (Å²) in [4.78, 5) is 13.7. The van der Waals surface area contributed by atoms with Gasteiger partial charge >= 0.3 is 0 Å². The number of morpholine rings is 1. The summed E-state index contributed by atoms with van der Waals surface area (Å²) < 4.78 is 6.45. The minimum Gasteiger partial charge on any atom is -0.376 e. The first kappa shape index (κ1) is 18.9. The predicted molar refractivity (Wildman–Crippen MR) is 106 cm³/mol. The Kier molecular flexibility index (Phi) is 7.05. The molecule has 0 bridgehead atoms. The fourth-order valence-corrected chi connectivity index (χ4v) is 3.28. The number of ether oxygens (including phenoxy) is 1. The van der Waals surface area contributed by atoms with E-state index >= 15 is 0 Å². The quantitative estimate of drug-likeness (QED) is 0.639. The van der Waals surface area contributed by atoms with Crippen LogP contribution >= 0.6 is 15.9 Å². The molecule has 0 saturated carbocycles. The fourth-order valence-electron chi connectivity index (χ4n) is 3.01. The summed E-state index contributed by atoms with van der Waals surface area (Å²) in [6.07, 6.45) is 0. The molecule has 1 heterocycles. The second kappa shape index (κ2) is 9.71. The first-order valence-corrected chi connectivity index (χ1v) is 9.74. The Bertz CT molecular complexity index is 715. The van der Waals surface area contributed by atoms with Crippen LogP contribution in [0.15, 0.2) is 53.0 Å². The normalized spacial score (nSPS) is 14.8. The molecule has 1 amide bonds. The van der Waals surface area contributed by atoms with Crippen molar-refractivity contribution in [2.24, 2.45) is 0 Å². The summed E-state index contributed by atoms with van der Waals surface area (Å²) in [6.45, 7) is 5.54. The molecule has 0 aromatic heterocycles. The summed E-state index contributed by atoms with van der Waals surface area (Å²) in [6, 6.07) is 16.1. The summed E-state index contributed by atoms with van der Waals surface area (Å²) >= 11 is 3.40. The van der Waals surface area contributed by atoms with Gasteiger partial charge in [0.2, 0.25) is 5.91 Å². The highest BCUT2D eigenvalue weighted by atomic mass is 79.9. The maximum Gasteiger partial charge on any atom is 0.239 e. The Morgan fingerprint density at radius 1 is 1.04 bits per heavy atom. The van der Waals surface area contributed by atoms with E-state index in [2.05, 4.69) is 44.8 Å². The molecule has 2 aromatic rings. The molecule has 26 heavy (non-hydrogen) atoms. The zero-order valence-corrected chi connectivity index (χ0v) is 16.3. The van der Waals surface area contributed by atoms with Crippen molar-refractivity contribution in [3.8, 4) is 0 Å². The Hall–Kier alpha value is -1.89. The van der Waals surface area contributed by atoms with Gasteiger partial charge in [0.25, 0.3) is 0 Å². The highest BCUT2D eigenvalue weighted by molar-refractivity contribution is 9.10. The van der Waals surface area contributed by atoms with Crippen LogP contribution in [0.5, 0.6) is 0 Å². The van der Waals surface area contributed by atoms with Crippen LogP contribution < -0.4 is 15.5 Å². The standard InChI is InChI=1S/C20H24BrN3O2/c21-18-5-7-19(8-6-18)22-14-20(25)23-13-16-3-1-2-4-17(16)15-24-9-11-26-12-10-24/h1-8,22H,9-15H2,(H,23,25)/p+1. The lowest BCUT2D eigenvalue weighted by Crippen LogP contribution is -3.12. The highest BCUT2D eigenvalue weighted by Crippen LogP contribution is 2.13. The molecule has 0 radical (unpaired) electrons. The third-order valence-electron chi connectivity index (χ3n) is 4.53. The summed E-state index contributed by atoms with van der Waals surface area (Å²) in [5.41, 5.74) is 3.41. The summed E-state index contributed by atoms with van der Waals surface area (Å²) in [5, 5.41) is 6.15. The molecule has 1 aliphatic heterocycles. The lowest BCUT2D eigenvalue weighted by molar-refractivity contribution is -0.921. The monoisotopic (exact) mass is 418 g/mol. The average molecular weight is 419 g/mol. The molecule has 0 aliphatic carbocycles. The van der Waals surface area contributed by atoms with E-state index < -0.39 is 0 Å². The lowest BCUT2D eigenvalue weighted by atomic mass is 10.1. The van der Waals surface area contributed by atoms with Gasteiger partial charge in [-0.05, 0) is 29.8 Å². The summed E-state index contributed by atoms with van der Waals surface area (Å²) in [7, 11) is 0. The molecular weight excluding hydrogens is 394 g/mol. The van der Waals surface area contributed by atoms with E-state index in [1.54, 1.807) is 0 Å². The van der Waals surface area contributed by atoms with Gasteiger partial charge < -0.3 is 20.3 Å². The predicted octanol–water partition coefficient (Wildman–Crippen LogP) is 1.59. The number of anilines is 1. The van der Waals surface area contributed by atoms with E-state index in [0.29, 0.717) is 6.54 Å². The summed E-state index contributed by atoms with van der Waals surface area (Å²) in [5.74, 6) is -0.0126. The zero-order valence-electron chi connectivity index (χ0n) is 14.8. The molecule has 2 aromatic carbocycles. The number of carbonyl (C=O) groups is 1. The van der Waals surface area contributed by atoms with Gasteiger partial charge in [-0.3, -0.25) is 4.79 Å². The Balaban J connectivity index is 1.49. The van der Waals surface area contributed by atoms with Gasteiger partial charge in [0.05, 0.1) is 19.8 Å². The number of nitrogens with one attached hydrogen (secondary N) is 3. The van der Waals surface area contributed by atoms with Crippen molar-refractivity contribution in [2.45, 2.75) is 13.1 Å². The van der Waals surface area contributed by atoms with Crippen molar-refractivity contribution in [1.82, 2.24) is 5.32 Å². The largest absolute Gasteiger partial charge is 0.376 e. The van der Waals surface area contributed by atoms with E-state index in [1.165, 1.54) is 16.0 Å². The van der Waals surface area contributed by atoms with E-state index in [-0.39, 0.29) is 12.5 Å². The zero-order chi connectivity index (χ0) is 18.2. The average Bonchev–Trinajstić information content (AvgIpc) is 2.68. The highest BCUT2D eigenvalue weighted by Gasteiger charge is 2.16. The number of carbonyl (C=O) groups excluding carboxylic acids is 1. The number of hydrogen-bond donors (Lipinski definition) is 3. The van der Waals surface area contributed by atoms with Gasteiger partial charge in [0.15, 0.2) is 0 Å². The van der Waals surface area contributed by atoms with Crippen LogP contribution in [0, 0.1) is 0 Å². The van der Waals surface area contributed by atoms with Gasteiger partial charge in [0.1, 0.15) is 19.6 Å². The molecule has 6 heteroatoms. The third-order valence-corrected chi connectivity index (χ3v) is 5.06. The lowest BCUT2D eigenvalue weighted by Gasteiger charge is -2.24. The number of hydrogen-bond acceptors (Lipinski definition) is 3. The Morgan fingerprint density at radius 2 is 1.73 bits per heavy atom. The van der Waals surface area contributed by atoms with E-state index in [9.17, 15) is 4.79 Å². The van der Waals surface area contributed by atoms with E-state index in [0.717, 1.165) is 43.0 Å². The molecule has 3 rings (SSSR count). The first-order chi connectivity index (χ1) is 12.7. The number of benzene rings is 2. The first-order valence-electron chi connectivity index (χ1n) is 8.95. The van der Waals surface area contributed by atoms with Gasteiger partial charge in [-0.2, -0.15) is 0 Å². The van der Waals surface area contributed by atoms with Crippen LogP contribution in [0.25, 0.3) is 0 Å². The molecule has 1 aliphatic rings. The number of amides is 1. The topological polar surface area (TPSA) is 54.8 Å². The number of rotatable bonds is 7. The van der Waals surface area contributed by atoms with Crippen LogP contribution in [0.3, 0.4) is 0 Å². The molecule has 1 fully saturated rings. The molecule has 3 N–H and O–H groups in total. The van der Waals surface area contributed by atoms with Gasteiger partial charge in [-0.1, -0.05) is 40.2 Å². The van der Waals surface area contributed by atoms with Crippen molar-refractivity contribution in [2.75, 3.05) is 38.2 Å². The van der Waals surface area contributed by atoms with E-state index in [4.69, 9.17) is 4.74 Å². The number of quaternary nitrogens is 1. The molecule has 5 nitrogen and oxygen atoms in total. The van der Waals surface area contributed by atoms with Crippen molar-refractivity contribution in [1.29, 1.82) is 0 Å². The van der Waals surface area contributed by atoms with Crippen LogP contribution in [-0.4, -0.2) is 38.8 Å². The van der Waals surface area contributed by atoms with Crippen molar-refractivity contribution in [3.05, 3.63) is 64.1 Å². The SMILES string of the molecule is O=C(CNc1ccc(Br)cc1)NCc1ccccc1C[NH+]1CCOCC1. The van der Waals surface area contributed by atoms with Gasteiger partial charge in [-0.25, -0.2) is 0 Å².